The Bertz CT molecular complexity index is 565. The van der Waals surface area contributed by atoms with Gasteiger partial charge < -0.3 is 21.5 Å². The summed E-state index contributed by atoms with van der Waals surface area (Å²) >= 11 is 0. The van der Waals surface area contributed by atoms with Gasteiger partial charge in [0.05, 0.1) is 12.2 Å². The van der Waals surface area contributed by atoms with E-state index in [-0.39, 0.29) is 6.54 Å². The van der Waals surface area contributed by atoms with Crippen LogP contribution in [0.4, 0.5) is 16.3 Å². The van der Waals surface area contributed by atoms with Crippen molar-refractivity contribution in [1.29, 1.82) is 0 Å². The molecule has 5 N–H and O–H groups in total. The number of pyridine rings is 1. The van der Waals surface area contributed by atoms with Crippen molar-refractivity contribution in [3.8, 4) is 11.8 Å². The molecule has 0 unspecified atom stereocenters. The highest BCUT2D eigenvalue weighted by molar-refractivity contribution is 5.68. The van der Waals surface area contributed by atoms with Crippen molar-refractivity contribution >= 4 is 17.6 Å². The lowest BCUT2D eigenvalue weighted by molar-refractivity contribution is 0.0535. The number of hydrogen-bond acceptors (Lipinski definition) is 5. The molecule has 6 nitrogen and oxygen atoms in total. The van der Waals surface area contributed by atoms with Crippen LogP contribution in [-0.4, -0.2) is 23.2 Å². The second-order valence-corrected chi connectivity index (χ2v) is 5.25. The fourth-order valence-corrected chi connectivity index (χ4v) is 1.33. The topological polar surface area (TPSA) is 103 Å². The van der Waals surface area contributed by atoms with Crippen molar-refractivity contribution in [2.24, 2.45) is 0 Å². The number of nitrogens with two attached hydrogens (primary N) is 2. The van der Waals surface area contributed by atoms with Gasteiger partial charge in [-0.3, -0.25) is 0 Å². The summed E-state index contributed by atoms with van der Waals surface area (Å²) in [5, 5.41) is 2.54. The Hall–Kier alpha value is -2.42. The van der Waals surface area contributed by atoms with E-state index < -0.39 is 11.7 Å². The first kappa shape index (κ1) is 15.6. The van der Waals surface area contributed by atoms with E-state index >= 15 is 0 Å². The first-order chi connectivity index (χ1) is 9.20. The van der Waals surface area contributed by atoms with Crippen LogP contribution < -0.4 is 16.8 Å². The normalized spacial score (nSPS) is 10.4. The zero-order valence-corrected chi connectivity index (χ0v) is 12.2. The van der Waals surface area contributed by atoms with Gasteiger partial charge in [-0.05, 0) is 33.3 Å². The smallest absolute Gasteiger partial charge is 0.408 e. The van der Waals surface area contributed by atoms with Gasteiger partial charge in [0.2, 0.25) is 0 Å². The maximum atomic E-state index is 11.4. The van der Waals surface area contributed by atoms with Crippen LogP contribution in [0.5, 0.6) is 0 Å². The largest absolute Gasteiger partial charge is 0.444 e. The molecule has 0 fully saturated rings. The molecule has 1 aromatic heterocycles. The maximum absolute atomic E-state index is 11.4. The molecule has 0 aromatic carbocycles. The Balaban J connectivity index is 2.60. The molecule has 0 saturated carbocycles. The predicted molar refractivity (Wildman–Crippen MR) is 78.9 cm³/mol. The zero-order chi connectivity index (χ0) is 15.3. The van der Waals surface area contributed by atoms with Crippen LogP contribution in [-0.2, 0) is 4.74 Å². The molecule has 1 heterocycles. The van der Waals surface area contributed by atoms with E-state index in [1.165, 1.54) is 0 Å². The van der Waals surface area contributed by atoms with Gasteiger partial charge in [-0.15, -0.1) is 0 Å². The average Bonchev–Trinajstić information content (AvgIpc) is 2.32. The van der Waals surface area contributed by atoms with Gasteiger partial charge in [-0.2, -0.15) is 0 Å². The van der Waals surface area contributed by atoms with Crippen molar-refractivity contribution in [3.05, 3.63) is 17.3 Å². The van der Waals surface area contributed by atoms with E-state index in [0.717, 1.165) is 5.56 Å². The number of ether oxygens (including phenoxy) is 1. The molecule has 0 spiro atoms. The van der Waals surface area contributed by atoms with Crippen molar-refractivity contribution in [1.82, 2.24) is 10.3 Å². The van der Waals surface area contributed by atoms with Crippen LogP contribution in [0.1, 0.15) is 31.9 Å². The summed E-state index contributed by atoms with van der Waals surface area (Å²) in [6.07, 6.45) is 1.06. The van der Waals surface area contributed by atoms with Crippen LogP contribution in [0.3, 0.4) is 0 Å². The van der Waals surface area contributed by atoms with E-state index in [1.807, 2.05) is 6.92 Å². The van der Waals surface area contributed by atoms with Crippen LogP contribution in [0.25, 0.3) is 0 Å². The van der Waals surface area contributed by atoms with Gasteiger partial charge in [0.15, 0.2) is 0 Å². The molecule has 20 heavy (non-hydrogen) atoms. The lowest BCUT2D eigenvalue weighted by Crippen LogP contribution is -2.32. The third kappa shape index (κ3) is 4.69. The minimum absolute atomic E-state index is 0.179. The highest BCUT2D eigenvalue weighted by Crippen LogP contribution is 2.19. The van der Waals surface area contributed by atoms with Gasteiger partial charge in [0.1, 0.15) is 11.4 Å². The number of nitrogens with one attached hydrogen (secondary N) is 1. The summed E-state index contributed by atoms with van der Waals surface area (Å²) in [5.74, 6) is 5.98. The molecular weight excluding hydrogens is 256 g/mol. The highest BCUT2D eigenvalue weighted by Gasteiger charge is 2.15. The number of nitrogen functional groups attached to an aromatic ring is 2. The Morgan fingerprint density at radius 3 is 2.70 bits per heavy atom. The lowest BCUT2D eigenvalue weighted by Gasteiger charge is -2.19. The molecule has 0 atom stereocenters. The summed E-state index contributed by atoms with van der Waals surface area (Å²) < 4.78 is 5.08. The molecule has 1 amide bonds. The second kappa shape index (κ2) is 6.15. The number of hydrogen-bond donors (Lipinski definition) is 3. The molecule has 0 radical (unpaired) electrons. The molecule has 1 rings (SSSR count). The van der Waals surface area contributed by atoms with Crippen LogP contribution in [0.2, 0.25) is 0 Å². The van der Waals surface area contributed by atoms with Crippen LogP contribution >= 0.6 is 0 Å². The number of anilines is 2. The minimum atomic E-state index is -0.524. The Kier molecular flexibility index (Phi) is 4.81. The average molecular weight is 276 g/mol. The molecule has 0 aliphatic heterocycles. The quantitative estimate of drug-likeness (QED) is 0.673. The first-order valence-corrected chi connectivity index (χ1v) is 6.17. The molecule has 1 aromatic rings. The first-order valence-electron chi connectivity index (χ1n) is 6.17. The SMILES string of the molecule is Cc1c(C#CCNC(=O)OC(C)(C)C)cnc(N)c1N. The van der Waals surface area contributed by atoms with Gasteiger partial charge >= 0.3 is 6.09 Å². The minimum Gasteiger partial charge on any atom is -0.444 e. The number of alkyl carbamates (subject to hydrolysis) is 1. The summed E-state index contributed by atoms with van der Waals surface area (Å²) in [5.41, 5.74) is 12.7. The molecule has 6 heteroatoms. The number of carbonyl (C=O) groups is 1. The van der Waals surface area contributed by atoms with Crippen molar-refractivity contribution in [2.75, 3.05) is 18.0 Å². The van der Waals surface area contributed by atoms with Crippen LogP contribution in [0.15, 0.2) is 6.20 Å². The summed E-state index contributed by atoms with van der Waals surface area (Å²) in [4.78, 5) is 15.3. The number of aromatic nitrogens is 1. The monoisotopic (exact) mass is 276 g/mol. The lowest BCUT2D eigenvalue weighted by atomic mass is 10.1. The van der Waals surface area contributed by atoms with Gasteiger partial charge in [0, 0.05) is 11.8 Å². The molecule has 108 valence electrons. The van der Waals surface area contributed by atoms with Crippen molar-refractivity contribution in [2.45, 2.75) is 33.3 Å². The van der Waals surface area contributed by atoms with Gasteiger partial charge in [-0.25, -0.2) is 9.78 Å². The highest BCUT2D eigenvalue weighted by atomic mass is 16.6. The summed E-state index contributed by atoms with van der Waals surface area (Å²) in [6, 6.07) is 0. The fraction of sp³-hybridized carbons (Fsp3) is 0.429. The van der Waals surface area contributed by atoms with Gasteiger partial charge in [-0.1, -0.05) is 11.8 Å². The third-order valence-corrected chi connectivity index (χ3v) is 2.36. The fourth-order valence-electron chi connectivity index (χ4n) is 1.33. The van der Waals surface area contributed by atoms with Crippen LogP contribution in [0, 0.1) is 18.8 Å². The number of amides is 1. The molecule has 0 bridgehead atoms. The van der Waals surface area contributed by atoms with E-state index in [0.29, 0.717) is 17.1 Å². The number of nitrogens with zero attached hydrogens (tertiary/aromatic N) is 1. The molecular formula is C14H20N4O2. The van der Waals surface area contributed by atoms with Gasteiger partial charge in [0.25, 0.3) is 0 Å². The second-order valence-electron chi connectivity index (χ2n) is 5.25. The summed E-state index contributed by atoms with van der Waals surface area (Å²) in [7, 11) is 0. The number of carbonyl (C=O) groups excluding carboxylic acids is 1. The van der Waals surface area contributed by atoms with E-state index in [1.54, 1.807) is 27.0 Å². The Morgan fingerprint density at radius 2 is 2.10 bits per heavy atom. The zero-order valence-electron chi connectivity index (χ0n) is 12.2. The molecule has 0 aliphatic rings. The third-order valence-electron chi connectivity index (χ3n) is 2.36. The summed E-state index contributed by atoms with van der Waals surface area (Å²) in [6.45, 7) is 7.39. The predicted octanol–water partition coefficient (Wildman–Crippen LogP) is 1.43. The van der Waals surface area contributed by atoms with E-state index in [4.69, 9.17) is 16.2 Å². The number of rotatable bonds is 1. The maximum Gasteiger partial charge on any atom is 0.408 e. The van der Waals surface area contributed by atoms with Crippen molar-refractivity contribution in [3.63, 3.8) is 0 Å². The van der Waals surface area contributed by atoms with Crippen molar-refractivity contribution < 1.29 is 9.53 Å². The molecule has 0 aliphatic carbocycles. The molecule has 0 saturated heterocycles. The Labute approximate surface area is 118 Å². The van der Waals surface area contributed by atoms with E-state index in [9.17, 15) is 4.79 Å². The van der Waals surface area contributed by atoms with E-state index in [2.05, 4.69) is 22.1 Å². The Morgan fingerprint density at radius 1 is 1.45 bits per heavy atom. The standard InChI is InChI=1S/C14H20N4O2/c1-9-10(8-18-12(16)11(9)15)6-5-7-17-13(19)20-14(2,3)4/h8H,7,15H2,1-4H3,(H2,16,18)(H,17,19).